The lowest BCUT2D eigenvalue weighted by Gasteiger charge is -2.05. The van der Waals surface area contributed by atoms with E-state index >= 15 is 0 Å². The highest BCUT2D eigenvalue weighted by atomic mass is 16.5. The number of methoxy groups -OCH3 is 1. The third kappa shape index (κ3) is 1.28. The summed E-state index contributed by atoms with van der Waals surface area (Å²) in [6.45, 7) is 0. The number of benzene rings is 1. The number of rotatable bonds is 1. The third-order valence-electron chi connectivity index (χ3n) is 2.05. The van der Waals surface area contributed by atoms with Crippen molar-refractivity contribution in [1.82, 2.24) is 0 Å². The highest BCUT2D eigenvalue weighted by Gasteiger charge is 2.16. The van der Waals surface area contributed by atoms with Crippen LogP contribution in [0.25, 0.3) is 11.0 Å². The summed E-state index contributed by atoms with van der Waals surface area (Å²) in [6, 6.07) is 4.35. The molecule has 1 aromatic carbocycles. The molecule has 0 radical (unpaired) electrons. The molecule has 5 heteroatoms. The Bertz CT molecular complexity index is 570. The second-order valence-corrected chi connectivity index (χ2v) is 2.92. The largest absolute Gasteiger partial charge is 0.507 e. The molecule has 0 amide bonds. The van der Waals surface area contributed by atoms with Crippen molar-refractivity contribution in [3.8, 4) is 17.2 Å². The molecule has 0 atom stereocenters. The Labute approximate surface area is 84.1 Å². The Kier molecular flexibility index (Phi) is 2.00. The van der Waals surface area contributed by atoms with Crippen LogP contribution >= 0.6 is 0 Å². The van der Waals surface area contributed by atoms with Crippen molar-refractivity contribution >= 4 is 11.0 Å². The Morgan fingerprint density at radius 3 is 2.73 bits per heavy atom. The van der Waals surface area contributed by atoms with E-state index in [4.69, 9.17) is 4.42 Å². The summed E-state index contributed by atoms with van der Waals surface area (Å²) < 4.78 is 9.52. The van der Waals surface area contributed by atoms with Gasteiger partial charge in [0.2, 0.25) is 5.75 Å². The number of phenols is 1. The molecule has 15 heavy (non-hydrogen) atoms. The molecule has 0 aliphatic carbocycles. The number of hydrogen-bond acceptors (Lipinski definition) is 5. The smallest absolute Gasteiger partial charge is 0.383 e. The highest BCUT2D eigenvalue weighted by molar-refractivity contribution is 5.90. The number of phenolic OH excluding ortho intramolecular Hbond substituents is 1. The number of fused-ring (bicyclic) bond motifs is 1. The van der Waals surface area contributed by atoms with E-state index in [-0.39, 0.29) is 22.5 Å². The predicted molar refractivity (Wildman–Crippen MR) is 52.4 cm³/mol. The van der Waals surface area contributed by atoms with Gasteiger partial charge < -0.3 is 19.4 Å². The molecule has 0 saturated heterocycles. The van der Waals surface area contributed by atoms with Crippen molar-refractivity contribution < 1.29 is 19.4 Å². The molecule has 0 aliphatic heterocycles. The van der Waals surface area contributed by atoms with Gasteiger partial charge in [0.05, 0.1) is 7.11 Å². The van der Waals surface area contributed by atoms with E-state index in [9.17, 15) is 15.0 Å². The lowest BCUT2D eigenvalue weighted by atomic mass is 10.2. The van der Waals surface area contributed by atoms with Crippen LogP contribution in [-0.4, -0.2) is 17.3 Å². The minimum absolute atomic E-state index is 0.0638. The van der Waals surface area contributed by atoms with Gasteiger partial charge in [-0.15, -0.1) is 0 Å². The summed E-state index contributed by atoms with van der Waals surface area (Å²) in [4.78, 5) is 11.3. The van der Waals surface area contributed by atoms with Gasteiger partial charge in [-0.2, -0.15) is 0 Å². The average Bonchev–Trinajstić information content (AvgIpc) is 2.17. The van der Waals surface area contributed by atoms with Gasteiger partial charge in [0.25, 0.3) is 0 Å². The lowest BCUT2D eigenvalue weighted by Crippen LogP contribution is -2.03. The van der Waals surface area contributed by atoms with E-state index in [1.807, 2.05) is 0 Å². The van der Waals surface area contributed by atoms with Gasteiger partial charge in [-0.25, -0.2) is 4.79 Å². The Hall–Kier alpha value is -2.17. The van der Waals surface area contributed by atoms with Gasteiger partial charge in [0.1, 0.15) is 16.7 Å². The number of ether oxygens (including phenoxy) is 1. The second-order valence-electron chi connectivity index (χ2n) is 2.92. The normalized spacial score (nSPS) is 10.5. The Morgan fingerprint density at radius 2 is 2.07 bits per heavy atom. The SMILES string of the molecule is COc1c(O)c2c(O)cccc2oc1=O. The molecule has 0 aliphatic rings. The molecule has 0 spiro atoms. The standard InChI is InChI=1S/C10H8O5/c1-14-9-8(12)7-5(11)3-2-4-6(7)15-10(9)13/h2-4,11-12H,1H3. The van der Waals surface area contributed by atoms with Crippen LogP contribution in [0.15, 0.2) is 27.4 Å². The van der Waals surface area contributed by atoms with E-state index in [1.165, 1.54) is 25.3 Å². The first-order valence-electron chi connectivity index (χ1n) is 4.17. The molecule has 0 unspecified atom stereocenters. The zero-order chi connectivity index (χ0) is 11.0. The molecule has 0 saturated carbocycles. The molecule has 1 aromatic heterocycles. The van der Waals surface area contributed by atoms with Crippen molar-refractivity contribution in [3.63, 3.8) is 0 Å². The minimum atomic E-state index is -0.784. The maximum atomic E-state index is 11.3. The van der Waals surface area contributed by atoms with Gasteiger partial charge in [-0.3, -0.25) is 0 Å². The quantitative estimate of drug-likeness (QED) is 0.688. The van der Waals surface area contributed by atoms with E-state index in [0.29, 0.717) is 0 Å². The topological polar surface area (TPSA) is 79.9 Å². The van der Waals surface area contributed by atoms with Crippen LogP contribution in [0.2, 0.25) is 0 Å². The highest BCUT2D eigenvalue weighted by Crippen LogP contribution is 2.36. The molecule has 2 N–H and O–H groups in total. The predicted octanol–water partition coefficient (Wildman–Crippen LogP) is 1.21. The molecule has 5 nitrogen and oxygen atoms in total. The van der Waals surface area contributed by atoms with Crippen LogP contribution in [-0.2, 0) is 0 Å². The summed E-state index contributed by atoms with van der Waals surface area (Å²) in [6.07, 6.45) is 0. The third-order valence-corrected chi connectivity index (χ3v) is 2.05. The fourth-order valence-corrected chi connectivity index (χ4v) is 1.38. The van der Waals surface area contributed by atoms with Crippen LogP contribution < -0.4 is 10.4 Å². The molecule has 1 heterocycles. The van der Waals surface area contributed by atoms with Crippen LogP contribution in [0.5, 0.6) is 17.2 Å². The zero-order valence-corrected chi connectivity index (χ0v) is 7.85. The van der Waals surface area contributed by atoms with Crippen molar-refractivity contribution in [1.29, 1.82) is 0 Å². The number of hydrogen-bond donors (Lipinski definition) is 2. The van der Waals surface area contributed by atoms with Crippen molar-refractivity contribution in [3.05, 3.63) is 28.6 Å². The molecule has 2 aromatic rings. The van der Waals surface area contributed by atoms with Gasteiger partial charge in [-0.05, 0) is 12.1 Å². The molecule has 0 fully saturated rings. The summed E-state index contributed by atoms with van der Waals surface area (Å²) in [7, 11) is 1.23. The van der Waals surface area contributed by atoms with Crippen molar-refractivity contribution in [2.75, 3.05) is 7.11 Å². The maximum Gasteiger partial charge on any atom is 0.383 e. The molecular weight excluding hydrogens is 200 g/mol. The van der Waals surface area contributed by atoms with Crippen molar-refractivity contribution in [2.24, 2.45) is 0 Å². The Morgan fingerprint density at radius 1 is 1.33 bits per heavy atom. The van der Waals surface area contributed by atoms with Gasteiger partial charge >= 0.3 is 5.63 Å². The summed E-state index contributed by atoms with van der Waals surface area (Å²) in [5, 5.41) is 19.2. The van der Waals surface area contributed by atoms with Crippen LogP contribution in [0, 0.1) is 0 Å². The first-order chi connectivity index (χ1) is 7.15. The number of aromatic hydroxyl groups is 2. The van der Waals surface area contributed by atoms with E-state index < -0.39 is 11.4 Å². The molecule has 78 valence electrons. The van der Waals surface area contributed by atoms with Gasteiger partial charge in [-0.1, -0.05) is 6.07 Å². The zero-order valence-electron chi connectivity index (χ0n) is 7.85. The Balaban J connectivity index is 2.99. The van der Waals surface area contributed by atoms with Crippen LogP contribution in [0.4, 0.5) is 0 Å². The van der Waals surface area contributed by atoms with E-state index in [1.54, 1.807) is 0 Å². The van der Waals surface area contributed by atoms with Gasteiger partial charge in [0, 0.05) is 0 Å². The van der Waals surface area contributed by atoms with Gasteiger partial charge in [0.15, 0.2) is 5.75 Å². The fraction of sp³-hybridized carbons (Fsp3) is 0.100. The molecular formula is C10H8O5. The van der Waals surface area contributed by atoms with Crippen LogP contribution in [0.3, 0.4) is 0 Å². The fourth-order valence-electron chi connectivity index (χ4n) is 1.38. The van der Waals surface area contributed by atoms with E-state index in [0.717, 1.165) is 0 Å². The minimum Gasteiger partial charge on any atom is -0.507 e. The molecule has 2 rings (SSSR count). The average molecular weight is 208 g/mol. The lowest BCUT2D eigenvalue weighted by molar-refractivity contribution is 0.350. The summed E-state index contributed by atoms with van der Waals surface area (Å²) >= 11 is 0. The summed E-state index contributed by atoms with van der Waals surface area (Å²) in [5.74, 6) is -0.905. The molecule has 0 bridgehead atoms. The first kappa shape index (κ1) is 9.39. The summed E-state index contributed by atoms with van der Waals surface area (Å²) in [5.41, 5.74) is -0.675. The van der Waals surface area contributed by atoms with Crippen LogP contribution in [0.1, 0.15) is 0 Å². The van der Waals surface area contributed by atoms with Crippen molar-refractivity contribution in [2.45, 2.75) is 0 Å². The van der Waals surface area contributed by atoms with E-state index in [2.05, 4.69) is 4.74 Å². The first-order valence-corrected chi connectivity index (χ1v) is 4.17. The second kappa shape index (κ2) is 3.20. The maximum absolute atomic E-state index is 11.3. The monoisotopic (exact) mass is 208 g/mol.